The van der Waals surface area contributed by atoms with Crippen LogP contribution in [0, 0.1) is 0 Å². The second-order valence-corrected chi connectivity index (χ2v) is 5.87. The highest BCUT2D eigenvalue weighted by Gasteiger charge is 2.06. The lowest BCUT2D eigenvalue weighted by molar-refractivity contribution is 0.809. The third-order valence-corrected chi connectivity index (χ3v) is 4.16. The van der Waals surface area contributed by atoms with Gasteiger partial charge in [0.1, 0.15) is 10.0 Å². The molecule has 0 atom stereocenters. The molecule has 0 unspecified atom stereocenters. The van der Waals surface area contributed by atoms with Crippen molar-refractivity contribution in [2.24, 2.45) is 5.73 Å². The fourth-order valence-corrected chi connectivity index (χ4v) is 2.78. The predicted molar refractivity (Wildman–Crippen MR) is 76.6 cm³/mol. The summed E-state index contributed by atoms with van der Waals surface area (Å²) in [6.45, 7) is 0.682. The minimum atomic E-state index is 0.571. The van der Waals surface area contributed by atoms with Gasteiger partial charge in [-0.3, -0.25) is 0 Å². The van der Waals surface area contributed by atoms with E-state index in [1.54, 1.807) is 17.4 Å². The molecule has 3 nitrogen and oxygen atoms in total. The van der Waals surface area contributed by atoms with E-state index < -0.39 is 0 Å². The summed E-state index contributed by atoms with van der Waals surface area (Å²) in [6, 6.07) is 5.62. The first-order chi connectivity index (χ1) is 8.69. The molecule has 96 valence electrons. The molecule has 0 radical (unpaired) electrons. The number of hydrogen-bond donors (Lipinski definition) is 1. The average molecular weight is 302 g/mol. The summed E-state index contributed by atoms with van der Waals surface area (Å²) in [6.07, 6.45) is 2.58. The zero-order valence-corrected chi connectivity index (χ0v) is 12.0. The van der Waals surface area contributed by atoms with Crippen LogP contribution in [0.1, 0.15) is 22.0 Å². The highest BCUT2D eigenvalue weighted by Crippen LogP contribution is 2.24. The van der Waals surface area contributed by atoms with E-state index in [4.69, 9.17) is 28.9 Å². The van der Waals surface area contributed by atoms with Crippen molar-refractivity contribution in [3.63, 3.8) is 0 Å². The second-order valence-electron chi connectivity index (χ2n) is 3.91. The molecule has 0 saturated heterocycles. The van der Waals surface area contributed by atoms with Gasteiger partial charge in [0.05, 0.1) is 10.0 Å². The number of hydrogen-bond acceptors (Lipinski definition) is 4. The van der Waals surface area contributed by atoms with E-state index in [-0.39, 0.29) is 0 Å². The minimum Gasteiger partial charge on any atom is -0.330 e. The van der Waals surface area contributed by atoms with Gasteiger partial charge in [-0.1, -0.05) is 29.3 Å². The Bertz CT molecular complexity index is 528. The van der Waals surface area contributed by atoms with Crippen molar-refractivity contribution < 1.29 is 0 Å². The fourth-order valence-electron chi connectivity index (χ4n) is 1.54. The second kappa shape index (κ2) is 6.48. The normalized spacial score (nSPS) is 10.8. The van der Waals surface area contributed by atoms with Crippen LogP contribution in [-0.4, -0.2) is 16.7 Å². The number of aromatic nitrogens is 2. The van der Waals surface area contributed by atoms with E-state index in [1.165, 1.54) is 0 Å². The van der Waals surface area contributed by atoms with Crippen LogP contribution in [0.4, 0.5) is 0 Å². The first-order valence-corrected chi connectivity index (χ1v) is 7.21. The molecule has 0 aliphatic heterocycles. The smallest absolute Gasteiger partial charge is 0.121 e. The lowest BCUT2D eigenvalue weighted by atomic mass is 10.2. The highest BCUT2D eigenvalue weighted by atomic mass is 35.5. The monoisotopic (exact) mass is 301 g/mol. The molecule has 0 saturated carbocycles. The molecular weight excluding hydrogens is 289 g/mol. The zero-order chi connectivity index (χ0) is 13.0. The van der Waals surface area contributed by atoms with E-state index >= 15 is 0 Å². The summed E-state index contributed by atoms with van der Waals surface area (Å²) in [5.74, 6) is 0. The van der Waals surface area contributed by atoms with Gasteiger partial charge in [-0.15, -0.1) is 21.5 Å². The molecular formula is C12H13Cl2N3S. The lowest BCUT2D eigenvalue weighted by Gasteiger charge is -2.00. The Morgan fingerprint density at radius 1 is 1.11 bits per heavy atom. The lowest BCUT2D eigenvalue weighted by Crippen LogP contribution is -1.99. The van der Waals surface area contributed by atoms with Crippen LogP contribution in [0.25, 0.3) is 0 Å². The molecule has 0 bridgehead atoms. The molecule has 2 aromatic rings. The van der Waals surface area contributed by atoms with Gasteiger partial charge >= 0.3 is 0 Å². The van der Waals surface area contributed by atoms with E-state index in [0.29, 0.717) is 16.6 Å². The SMILES string of the molecule is NCCCc1nnc(Cc2ccc(Cl)c(Cl)c2)s1. The van der Waals surface area contributed by atoms with Crippen LogP contribution in [0.3, 0.4) is 0 Å². The number of benzene rings is 1. The van der Waals surface area contributed by atoms with Gasteiger partial charge in [0.15, 0.2) is 0 Å². The Kier molecular flexibility index (Phi) is 4.95. The molecule has 0 aliphatic rings. The molecule has 6 heteroatoms. The number of nitrogens with two attached hydrogens (primary N) is 1. The largest absolute Gasteiger partial charge is 0.330 e. The van der Waals surface area contributed by atoms with Crippen LogP contribution in [0.15, 0.2) is 18.2 Å². The van der Waals surface area contributed by atoms with Crippen LogP contribution in [-0.2, 0) is 12.8 Å². The molecule has 1 heterocycles. The molecule has 2 rings (SSSR count). The molecule has 18 heavy (non-hydrogen) atoms. The average Bonchev–Trinajstić information content (AvgIpc) is 2.79. The minimum absolute atomic E-state index is 0.571. The van der Waals surface area contributed by atoms with Crippen molar-refractivity contribution in [3.8, 4) is 0 Å². The van der Waals surface area contributed by atoms with Crippen LogP contribution >= 0.6 is 34.5 Å². The van der Waals surface area contributed by atoms with Gasteiger partial charge in [-0.2, -0.15) is 0 Å². The van der Waals surface area contributed by atoms with Crippen molar-refractivity contribution in [2.75, 3.05) is 6.54 Å². The van der Waals surface area contributed by atoms with Crippen molar-refractivity contribution in [1.29, 1.82) is 0 Å². The molecule has 0 fully saturated rings. The first kappa shape index (κ1) is 13.7. The first-order valence-electron chi connectivity index (χ1n) is 5.64. The summed E-state index contributed by atoms with van der Waals surface area (Å²) in [7, 11) is 0. The third-order valence-electron chi connectivity index (χ3n) is 2.44. The van der Waals surface area contributed by atoms with E-state index in [9.17, 15) is 0 Å². The summed E-state index contributed by atoms with van der Waals surface area (Å²) in [4.78, 5) is 0. The third kappa shape index (κ3) is 3.65. The maximum atomic E-state index is 5.98. The standard InChI is InChI=1S/C12H13Cl2N3S/c13-9-4-3-8(6-10(9)14)7-12-17-16-11(18-12)2-1-5-15/h3-4,6H,1-2,5,7,15H2. The van der Waals surface area contributed by atoms with Gasteiger partial charge in [0.25, 0.3) is 0 Å². The zero-order valence-electron chi connectivity index (χ0n) is 9.70. The fraction of sp³-hybridized carbons (Fsp3) is 0.333. The Morgan fingerprint density at radius 3 is 2.61 bits per heavy atom. The van der Waals surface area contributed by atoms with E-state index in [0.717, 1.165) is 34.8 Å². The number of rotatable bonds is 5. The Balaban J connectivity index is 2.04. The van der Waals surface area contributed by atoms with Gasteiger partial charge in [0, 0.05) is 12.8 Å². The van der Waals surface area contributed by atoms with Crippen molar-refractivity contribution in [2.45, 2.75) is 19.3 Å². The maximum Gasteiger partial charge on any atom is 0.121 e. The van der Waals surface area contributed by atoms with Crippen molar-refractivity contribution in [3.05, 3.63) is 43.8 Å². The van der Waals surface area contributed by atoms with Gasteiger partial charge in [-0.05, 0) is 30.7 Å². The van der Waals surface area contributed by atoms with Gasteiger partial charge in [0.2, 0.25) is 0 Å². The number of halogens is 2. The van der Waals surface area contributed by atoms with E-state index in [1.807, 2.05) is 12.1 Å². The van der Waals surface area contributed by atoms with Crippen LogP contribution in [0.5, 0.6) is 0 Å². The summed E-state index contributed by atoms with van der Waals surface area (Å²) in [5.41, 5.74) is 6.56. The molecule has 0 aliphatic carbocycles. The summed E-state index contributed by atoms with van der Waals surface area (Å²) >= 11 is 13.5. The Labute approximate surface area is 120 Å². The van der Waals surface area contributed by atoms with Crippen molar-refractivity contribution >= 4 is 34.5 Å². The summed E-state index contributed by atoms with van der Waals surface area (Å²) < 4.78 is 0. The Hall–Kier alpha value is -0.680. The van der Waals surface area contributed by atoms with Gasteiger partial charge in [-0.25, -0.2) is 0 Å². The highest BCUT2D eigenvalue weighted by molar-refractivity contribution is 7.11. The Morgan fingerprint density at radius 2 is 1.89 bits per heavy atom. The van der Waals surface area contributed by atoms with Crippen LogP contribution in [0.2, 0.25) is 10.0 Å². The molecule has 1 aromatic heterocycles. The van der Waals surface area contributed by atoms with Gasteiger partial charge < -0.3 is 5.73 Å². The number of aryl methyl sites for hydroxylation is 1. The summed E-state index contributed by atoms with van der Waals surface area (Å²) in [5, 5.41) is 11.5. The van der Waals surface area contributed by atoms with E-state index in [2.05, 4.69) is 10.2 Å². The maximum absolute atomic E-state index is 5.98. The quantitative estimate of drug-likeness (QED) is 0.921. The topological polar surface area (TPSA) is 51.8 Å². The molecule has 0 amide bonds. The van der Waals surface area contributed by atoms with Crippen LogP contribution < -0.4 is 5.73 Å². The molecule has 0 spiro atoms. The van der Waals surface area contributed by atoms with Crippen molar-refractivity contribution in [1.82, 2.24) is 10.2 Å². The predicted octanol–water partition coefficient (Wildman–Crippen LogP) is 3.33. The molecule has 1 aromatic carbocycles. The number of nitrogens with zero attached hydrogens (tertiary/aromatic N) is 2. The molecule has 2 N–H and O–H groups in total.